The van der Waals surface area contributed by atoms with Crippen molar-refractivity contribution in [2.75, 3.05) is 41.7 Å². The lowest BCUT2D eigenvalue weighted by atomic mass is 9.84. The normalized spacial score (nSPS) is 24.1. The summed E-state index contributed by atoms with van der Waals surface area (Å²) in [5.41, 5.74) is 8.05. The van der Waals surface area contributed by atoms with Gasteiger partial charge in [0.25, 0.3) is 12.3 Å². The largest absolute Gasteiger partial charge is 0.382 e. The van der Waals surface area contributed by atoms with E-state index in [1.165, 1.54) is 21.6 Å². The molecule has 5 aromatic rings. The first-order valence-corrected chi connectivity index (χ1v) is 20.9. The van der Waals surface area contributed by atoms with Crippen LogP contribution in [0.2, 0.25) is 0 Å². The van der Waals surface area contributed by atoms with E-state index in [2.05, 4.69) is 36.2 Å². The monoisotopic (exact) mass is 843 g/mol. The van der Waals surface area contributed by atoms with Crippen LogP contribution in [0.25, 0.3) is 16.6 Å². The minimum Gasteiger partial charge on any atom is -0.382 e. The van der Waals surface area contributed by atoms with Gasteiger partial charge < -0.3 is 26.2 Å². The van der Waals surface area contributed by atoms with Crippen molar-refractivity contribution in [3.8, 4) is 0 Å². The number of halogens is 3. The topological polar surface area (TPSA) is 203 Å². The van der Waals surface area contributed by atoms with Crippen LogP contribution in [-0.2, 0) is 21.4 Å². The van der Waals surface area contributed by atoms with Gasteiger partial charge in [-0.15, -0.1) is 0 Å². The van der Waals surface area contributed by atoms with Crippen LogP contribution in [0, 0.1) is 5.92 Å². The summed E-state index contributed by atoms with van der Waals surface area (Å²) in [5.74, 6) is -1.39. The number of nitrogens with one attached hydrogen (secondary N) is 3. The molecule has 2 unspecified atom stereocenters. The Bertz CT molecular complexity index is 2480. The lowest BCUT2D eigenvalue weighted by Gasteiger charge is -2.36. The Morgan fingerprint density at radius 1 is 1.00 bits per heavy atom. The molecule has 17 nitrogen and oxygen atoms in total. The molecule has 61 heavy (non-hydrogen) atoms. The molecule has 4 fully saturated rings. The number of anilines is 3. The highest BCUT2D eigenvalue weighted by Gasteiger charge is 2.35. The third-order valence-corrected chi connectivity index (χ3v) is 12.6. The number of fused-ring (bicyclic) bond motifs is 2. The van der Waals surface area contributed by atoms with Crippen molar-refractivity contribution in [2.24, 2.45) is 18.7 Å². The number of hydrogen-bond acceptors (Lipinski definition) is 11. The highest BCUT2D eigenvalue weighted by Crippen LogP contribution is 2.37. The smallest absolute Gasteiger partial charge is 0.284 e. The van der Waals surface area contributed by atoms with Crippen LogP contribution in [0.3, 0.4) is 0 Å². The number of aromatic nitrogens is 7. The van der Waals surface area contributed by atoms with Crippen LogP contribution in [0.15, 0.2) is 42.9 Å². The van der Waals surface area contributed by atoms with Crippen LogP contribution in [-0.4, -0.2) is 107 Å². The fourth-order valence-electron chi connectivity index (χ4n) is 9.41. The van der Waals surface area contributed by atoms with Gasteiger partial charge in [0.15, 0.2) is 11.3 Å². The molecule has 322 valence electrons. The van der Waals surface area contributed by atoms with E-state index < -0.39 is 30.1 Å². The molecular formula is C41H48F3N13O4. The third-order valence-electron chi connectivity index (χ3n) is 12.6. The zero-order valence-electron chi connectivity index (χ0n) is 33.6. The number of piperidine rings is 3. The van der Waals surface area contributed by atoms with E-state index in [1.807, 2.05) is 30.1 Å². The molecule has 0 bridgehead atoms. The molecular weight excluding hydrogens is 796 g/mol. The zero-order valence-corrected chi connectivity index (χ0v) is 33.6. The van der Waals surface area contributed by atoms with Crippen LogP contribution in [0.4, 0.5) is 30.4 Å². The summed E-state index contributed by atoms with van der Waals surface area (Å²) in [6.07, 6.45) is 5.06. The molecule has 7 heterocycles. The van der Waals surface area contributed by atoms with Gasteiger partial charge in [-0.2, -0.15) is 15.3 Å². The molecule has 3 atom stereocenters. The number of hydrogen-bond donors (Lipinski definition) is 4. The van der Waals surface area contributed by atoms with Gasteiger partial charge >= 0.3 is 0 Å². The summed E-state index contributed by atoms with van der Waals surface area (Å²) >= 11 is 0. The Morgan fingerprint density at radius 3 is 2.52 bits per heavy atom. The van der Waals surface area contributed by atoms with Gasteiger partial charge in [-0.25, -0.2) is 22.7 Å². The van der Waals surface area contributed by atoms with Crippen molar-refractivity contribution in [3.63, 3.8) is 0 Å². The Labute approximate surface area is 348 Å². The second-order valence-electron chi connectivity index (χ2n) is 16.8. The van der Waals surface area contributed by atoms with Crippen LogP contribution >= 0.6 is 0 Å². The fourth-order valence-corrected chi connectivity index (χ4v) is 9.41. The molecule has 0 spiro atoms. The molecule has 1 saturated carbocycles. The molecule has 1 aromatic carbocycles. The predicted molar refractivity (Wildman–Crippen MR) is 218 cm³/mol. The second kappa shape index (κ2) is 16.4. The van der Waals surface area contributed by atoms with Crippen molar-refractivity contribution < 1.29 is 32.3 Å². The summed E-state index contributed by atoms with van der Waals surface area (Å²) in [5, 5.41) is 22.5. The van der Waals surface area contributed by atoms with Crippen molar-refractivity contribution in [2.45, 2.75) is 94.4 Å². The first-order valence-electron chi connectivity index (χ1n) is 20.9. The van der Waals surface area contributed by atoms with Gasteiger partial charge in [-0.3, -0.25) is 33.9 Å². The van der Waals surface area contributed by atoms with Crippen molar-refractivity contribution in [3.05, 3.63) is 59.8 Å². The van der Waals surface area contributed by atoms with E-state index in [0.29, 0.717) is 63.3 Å². The maximum Gasteiger partial charge on any atom is 0.284 e. The number of aryl methyl sites for hydroxylation is 1. The molecule has 3 saturated heterocycles. The van der Waals surface area contributed by atoms with Crippen LogP contribution in [0.1, 0.15) is 97.9 Å². The molecule has 3 aliphatic heterocycles. The second-order valence-corrected chi connectivity index (χ2v) is 16.8. The number of rotatable bonds is 9. The summed E-state index contributed by atoms with van der Waals surface area (Å²) in [6.45, 7) is 1.73. The van der Waals surface area contributed by atoms with E-state index >= 15 is 0 Å². The highest BCUT2D eigenvalue weighted by atomic mass is 19.3. The molecule has 20 heteroatoms. The molecule has 0 radical (unpaired) electrons. The Hall–Kier alpha value is -6.05. The molecule has 4 amide bonds. The number of carbonyl (C=O) groups is 4. The molecule has 1 aliphatic carbocycles. The van der Waals surface area contributed by atoms with Crippen LogP contribution < -0.4 is 26.6 Å². The highest BCUT2D eigenvalue weighted by molar-refractivity contribution is 6.08. The minimum atomic E-state index is -2.95. The maximum absolute atomic E-state index is 14.3. The quantitative estimate of drug-likeness (QED) is 0.155. The van der Waals surface area contributed by atoms with E-state index in [-0.39, 0.29) is 78.0 Å². The molecule has 9 rings (SSSR count). The first-order chi connectivity index (χ1) is 29.4. The van der Waals surface area contributed by atoms with Gasteiger partial charge in [0.05, 0.1) is 41.6 Å². The fraction of sp³-hybridized carbons (Fsp3) is 0.512. The lowest BCUT2D eigenvalue weighted by molar-refractivity contribution is -0.138. The van der Waals surface area contributed by atoms with Gasteiger partial charge in [-0.05, 0) is 75.6 Å². The summed E-state index contributed by atoms with van der Waals surface area (Å²) in [7, 11) is 1.84. The maximum atomic E-state index is 14.3. The van der Waals surface area contributed by atoms with Crippen LogP contribution in [0.5, 0.6) is 0 Å². The number of imide groups is 1. The number of alkyl halides is 3. The van der Waals surface area contributed by atoms with E-state index in [9.17, 15) is 32.3 Å². The number of benzene rings is 1. The van der Waals surface area contributed by atoms with Crippen molar-refractivity contribution >= 4 is 57.4 Å². The van der Waals surface area contributed by atoms with Crippen molar-refractivity contribution in [1.29, 1.82) is 0 Å². The average Bonchev–Trinajstić information content (AvgIpc) is 3.96. The Kier molecular flexibility index (Phi) is 10.9. The predicted octanol–water partition coefficient (Wildman–Crippen LogP) is 4.23. The summed E-state index contributed by atoms with van der Waals surface area (Å²) in [6, 6.07) is 7.17. The number of amides is 4. The number of carbonyl (C=O) groups excluding carboxylic acids is 4. The van der Waals surface area contributed by atoms with Gasteiger partial charge in [0.2, 0.25) is 17.7 Å². The standard InChI is InChI=1S/C41H48F3N13O4/c1-53-32-17-26(4-7-28(32)35(51-53)29-8-9-34(58)50-39(29)59)47-25-10-13-54(14-11-25)41(61)22-2-5-27(6-3-22)57-21-31(36(52-57)37(43)44)48-40(60)30-18-46-56-15-12-33(49-38(30)56)55-19-23(42)16-24(45)20-55/h4,7,12,15,17-18,21-25,27,29,37,47H,2-3,5-6,8-11,13-14,16,19-20,45H2,1H3,(H,48,60)(H,50,58,59)/t22?,23-,24?,27?,29?/m1/s1. The number of nitrogens with zero attached hydrogens (tertiary/aromatic N) is 9. The summed E-state index contributed by atoms with van der Waals surface area (Å²) < 4.78 is 47.5. The molecule has 4 aromatic heterocycles. The molecule has 4 aliphatic rings. The Morgan fingerprint density at radius 2 is 1.79 bits per heavy atom. The lowest BCUT2D eigenvalue weighted by Crippen LogP contribution is -2.48. The van der Waals surface area contributed by atoms with Gasteiger partial charge in [0.1, 0.15) is 17.6 Å². The first kappa shape index (κ1) is 40.4. The SMILES string of the molecule is Cn1nc(C2CCC(=O)NC2=O)c2ccc(NC3CCN(C(=O)C4CCC(n5cc(NC(=O)c6cnn7ccc(N8CC(N)C[C@@H](F)C8)nc67)c(C(F)F)n5)CC4)CC3)cc21. The Balaban J connectivity index is 0.786. The number of likely N-dealkylation sites (tertiary alicyclic amines) is 1. The minimum absolute atomic E-state index is 0.0556. The zero-order chi connectivity index (χ0) is 42.5. The van der Waals surface area contributed by atoms with Gasteiger partial charge in [0, 0.05) is 74.6 Å². The van der Waals surface area contributed by atoms with E-state index in [1.54, 1.807) is 21.8 Å². The van der Waals surface area contributed by atoms with Gasteiger partial charge in [-0.1, -0.05) is 0 Å². The van der Waals surface area contributed by atoms with E-state index in [4.69, 9.17) is 5.73 Å². The number of nitrogens with two attached hydrogens (primary N) is 1. The molecule has 5 N–H and O–H groups in total. The van der Waals surface area contributed by atoms with E-state index in [0.717, 1.165) is 29.4 Å². The average molecular weight is 844 g/mol. The third kappa shape index (κ3) is 8.11. The summed E-state index contributed by atoms with van der Waals surface area (Å²) in [4.78, 5) is 59.6. The van der Waals surface area contributed by atoms with Crippen molar-refractivity contribution in [1.82, 2.24) is 44.4 Å².